The van der Waals surface area contributed by atoms with Gasteiger partial charge in [0.1, 0.15) is 0 Å². The summed E-state index contributed by atoms with van der Waals surface area (Å²) in [5.74, 6) is -0.0981. The number of piperidine rings is 1. The van der Waals surface area contributed by atoms with Crippen LogP contribution in [0.15, 0.2) is 4.99 Å². The minimum atomic E-state index is -0.0981. The molecule has 0 bridgehead atoms. The summed E-state index contributed by atoms with van der Waals surface area (Å²) in [4.78, 5) is 17.8. The highest BCUT2D eigenvalue weighted by molar-refractivity contribution is 6.37. The molecule has 0 aromatic heterocycles. The first-order chi connectivity index (χ1) is 7.58. The quantitative estimate of drug-likeness (QED) is 0.701. The van der Waals surface area contributed by atoms with Crippen LogP contribution in [-0.2, 0) is 9.53 Å². The van der Waals surface area contributed by atoms with E-state index in [9.17, 15) is 4.79 Å². The Bertz CT molecular complexity index is 284. The summed E-state index contributed by atoms with van der Waals surface area (Å²) in [7, 11) is 5.37. The van der Waals surface area contributed by atoms with Crippen LogP contribution in [0.2, 0.25) is 0 Å². The third-order valence-corrected chi connectivity index (χ3v) is 3.05. The molecule has 0 saturated carbocycles. The molecule has 5 nitrogen and oxygen atoms in total. The SMILES string of the molecule is CN=C(C)C(=O)NC1CCN(C)CC1OC.[HH]. The molecule has 0 aromatic rings. The van der Waals surface area contributed by atoms with Crippen LogP contribution in [0.3, 0.4) is 0 Å². The van der Waals surface area contributed by atoms with E-state index < -0.39 is 0 Å². The van der Waals surface area contributed by atoms with Crippen molar-refractivity contribution in [3.8, 4) is 0 Å². The zero-order chi connectivity index (χ0) is 12.1. The van der Waals surface area contributed by atoms with Crippen LogP contribution in [-0.4, -0.2) is 63.0 Å². The molecular weight excluding hydrogens is 206 g/mol. The fourth-order valence-corrected chi connectivity index (χ4v) is 1.85. The van der Waals surface area contributed by atoms with Gasteiger partial charge in [0.25, 0.3) is 5.91 Å². The number of hydrogen-bond donors (Lipinski definition) is 1. The number of nitrogens with zero attached hydrogens (tertiary/aromatic N) is 2. The number of ether oxygens (including phenoxy) is 1. The lowest BCUT2D eigenvalue weighted by atomic mass is 10.0. The van der Waals surface area contributed by atoms with E-state index in [1.54, 1.807) is 21.1 Å². The van der Waals surface area contributed by atoms with Crippen molar-refractivity contribution in [1.82, 2.24) is 10.2 Å². The normalized spacial score (nSPS) is 27.9. The molecule has 0 radical (unpaired) electrons. The van der Waals surface area contributed by atoms with Gasteiger partial charge in [-0.2, -0.15) is 0 Å². The van der Waals surface area contributed by atoms with Gasteiger partial charge >= 0.3 is 0 Å². The molecular formula is C11H23N3O2. The Morgan fingerprint density at radius 1 is 1.62 bits per heavy atom. The van der Waals surface area contributed by atoms with Gasteiger partial charge in [-0.05, 0) is 26.9 Å². The molecule has 1 heterocycles. The second kappa shape index (κ2) is 5.96. The average molecular weight is 229 g/mol. The highest BCUT2D eigenvalue weighted by Crippen LogP contribution is 2.12. The summed E-state index contributed by atoms with van der Waals surface area (Å²) in [6, 6.07) is 0.0883. The second-order valence-corrected chi connectivity index (χ2v) is 4.21. The summed E-state index contributed by atoms with van der Waals surface area (Å²) in [6.07, 6.45) is 0.977. The Kier molecular flexibility index (Phi) is 4.89. The average Bonchev–Trinajstić information content (AvgIpc) is 2.30. The monoisotopic (exact) mass is 229 g/mol. The molecule has 1 rings (SSSR count). The molecule has 16 heavy (non-hydrogen) atoms. The fourth-order valence-electron chi connectivity index (χ4n) is 1.85. The molecule has 0 aromatic carbocycles. The van der Waals surface area contributed by atoms with E-state index >= 15 is 0 Å². The lowest BCUT2D eigenvalue weighted by Crippen LogP contribution is -2.54. The first-order valence-electron chi connectivity index (χ1n) is 5.54. The first-order valence-corrected chi connectivity index (χ1v) is 5.54. The Morgan fingerprint density at radius 2 is 2.31 bits per heavy atom. The summed E-state index contributed by atoms with van der Waals surface area (Å²) < 4.78 is 5.39. The van der Waals surface area contributed by atoms with E-state index in [4.69, 9.17) is 4.74 Å². The summed E-state index contributed by atoms with van der Waals surface area (Å²) >= 11 is 0. The van der Waals surface area contributed by atoms with Crippen molar-refractivity contribution in [2.24, 2.45) is 4.99 Å². The first kappa shape index (κ1) is 13.1. The Balaban J connectivity index is 0.00000256. The lowest BCUT2D eigenvalue weighted by molar-refractivity contribution is -0.117. The maximum absolute atomic E-state index is 11.7. The van der Waals surface area contributed by atoms with Gasteiger partial charge in [-0.25, -0.2) is 0 Å². The zero-order valence-electron chi connectivity index (χ0n) is 10.5. The number of aliphatic imine (C=N–C) groups is 1. The Hall–Kier alpha value is -0.940. The van der Waals surface area contributed by atoms with E-state index in [-0.39, 0.29) is 19.5 Å². The summed E-state index contributed by atoms with van der Waals surface area (Å²) in [5.41, 5.74) is 0.508. The smallest absolute Gasteiger partial charge is 0.265 e. The van der Waals surface area contributed by atoms with E-state index in [1.165, 1.54) is 0 Å². The van der Waals surface area contributed by atoms with Crippen molar-refractivity contribution in [2.45, 2.75) is 25.5 Å². The number of carbonyl (C=O) groups excluding carboxylic acids is 1. The number of rotatable bonds is 3. The topological polar surface area (TPSA) is 53.9 Å². The van der Waals surface area contributed by atoms with E-state index in [1.807, 2.05) is 0 Å². The molecule has 0 spiro atoms. The molecule has 2 atom stereocenters. The minimum absolute atomic E-state index is 0. The number of amides is 1. The summed E-state index contributed by atoms with van der Waals surface area (Å²) in [5, 5.41) is 2.97. The van der Waals surface area contributed by atoms with E-state index in [2.05, 4.69) is 22.3 Å². The third-order valence-electron chi connectivity index (χ3n) is 3.05. The maximum Gasteiger partial charge on any atom is 0.265 e. The van der Waals surface area contributed by atoms with Gasteiger partial charge < -0.3 is 15.0 Å². The highest BCUT2D eigenvalue weighted by atomic mass is 16.5. The van der Waals surface area contributed by atoms with Crippen LogP contribution in [0.1, 0.15) is 14.8 Å². The highest BCUT2D eigenvalue weighted by Gasteiger charge is 2.29. The number of likely N-dealkylation sites (tertiary alicyclic amines) is 1. The largest absolute Gasteiger partial charge is 0.378 e. The number of methoxy groups -OCH3 is 1. The van der Waals surface area contributed by atoms with Crippen LogP contribution in [0.5, 0.6) is 0 Å². The summed E-state index contributed by atoms with van der Waals surface area (Å²) in [6.45, 7) is 3.54. The molecule has 1 aliphatic rings. The second-order valence-electron chi connectivity index (χ2n) is 4.21. The van der Waals surface area contributed by atoms with E-state index in [0.717, 1.165) is 19.5 Å². The van der Waals surface area contributed by atoms with Crippen molar-refractivity contribution in [1.29, 1.82) is 0 Å². The molecule has 1 saturated heterocycles. The number of likely N-dealkylation sites (N-methyl/N-ethyl adjacent to an activating group) is 1. The number of nitrogens with one attached hydrogen (secondary N) is 1. The third kappa shape index (κ3) is 3.28. The molecule has 5 heteroatoms. The van der Waals surface area contributed by atoms with Gasteiger partial charge in [0.2, 0.25) is 0 Å². The molecule has 0 aliphatic carbocycles. The van der Waals surface area contributed by atoms with Crippen molar-refractivity contribution in [3.05, 3.63) is 0 Å². The number of hydrogen-bond acceptors (Lipinski definition) is 4. The molecule has 1 amide bonds. The van der Waals surface area contributed by atoms with Crippen LogP contribution in [0, 0.1) is 0 Å². The van der Waals surface area contributed by atoms with Crippen LogP contribution in [0.25, 0.3) is 0 Å². The van der Waals surface area contributed by atoms with Gasteiger partial charge in [-0.3, -0.25) is 9.79 Å². The van der Waals surface area contributed by atoms with Gasteiger partial charge in [-0.15, -0.1) is 0 Å². The predicted octanol–water partition coefficient (Wildman–Crippen LogP) is 0.158. The molecule has 1 aliphatic heterocycles. The minimum Gasteiger partial charge on any atom is -0.378 e. The van der Waals surface area contributed by atoms with Gasteiger partial charge in [0.05, 0.1) is 17.9 Å². The van der Waals surface area contributed by atoms with Crippen LogP contribution in [0.4, 0.5) is 0 Å². The lowest BCUT2D eigenvalue weighted by Gasteiger charge is -2.36. The van der Waals surface area contributed by atoms with Crippen molar-refractivity contribution < 1.29 is 11.0 Å². The van der Waals surface area contributed by atoms with Crippen molar-refractivity contribution in [3.63, 3.8) is 0 Å². The van der Waals surface area contributed by atoms with E-state index in [0.29, 0.717) is 5.71 Å². The van der Waals surface area contributed by atoms with Crippen molar-refractivity contribution >= 4 is 11.6 Å². The molecule has 2 unspecified atom stereocenters. The number of carbonyl (C=O) groups is 1. The van der Waals surface area contributed by atoms with Gasteiger partial charge in [0.15, 0.2) is 0 Å². The Labute approximate surface area is 98.3 Å². The Morgan fingerprint density at radius 3 is 2.88 bits per heavy atom. The predicted molar refractivity (Wildman–Crippen MR) is 66.0 cm³/mol. The zero-order valence-corrected chi connectivity index (χ0v) is 10.5. The molecule has 94 valence electrons. The van der Waals surface area contributed by atoms with Gasteiger partial charge in [0, 0.05) is 22.1 Å². The fraction of sp³-hybridized carbons (Fsp3) is 0.818. The van der Waals surface area contributed by atoms with Crippen LogP contribution >= 0.6 is 0 Å². The standard InChI is InChI=1S/C11H21N3O2.H2/c1-8(12-2)11(15)13-9-5-6-14(3)7-10(9)16-4;/h9-10H,5-7H2,1-4H3,(H,13,15);1H. The van der Waals surface area contributed by atoms with Gasteiger partial charge in [-0.1, -0.05) is 0 Å². The molecule has 1 fully saturated rings. The van der Waals surface area contributed by atoms with Crippen LogP contribution < -0.4 is 5.32 Å². The molecule has 1 N–H and O–H groups in total. The van der Waals surface area contributed by atoms with Crippen molar-refractivity contribution in [2.75, 3.05) is 34.3 Å². The maximum atomic E-state index is 11.7.